The summed E-state index contributed by atoms with van der Waals surface area (Å²) in [7, 11) is 0. The van der Waals surface area contributed by atoms with E-state index in [1.165, 1.54) is 6.08 Å². The van der Waals surface area contributed by atoms with Gasteiger partial charge < -0.3 is 15.1 Å². The Kier molecular flexibility index (Phi) is 6.95. The van der Waals surface area contributed by atoms with Crippen LogP contribution in [0.1, 0.15) is 28.6 Å². The third kappa shape index (κ3) is 5.74. The number of hydrogen-bond acceptors (Lipinski definition) is 4. The molecule has 0 saturated carbocycles. The van der Waals surface area contributed by atoms with Crippen LogP contribution in [0, 0.1) is 0 Å². The largest absolute Gasteiger partial charge is 0.438 e. The molecule has 0 spiro atoms. The molecule has 1 unspecified atom stereocenters. The quantitative estimate of drug-likeness (QED) is 0.382. The first-order valence-electron chi connectivity index (χ1n) is 10.8. The molecular weight excluding hydrogens is 414 g/mol. The summed E-state index contributed by atoms with van der Waals surface area (Å²) >= 11 is 0. The van der Waals surface area contributed by atoms with E-state index in [0.29, 0.717) is 24.4 Å². The van der Waals surface area contributed by atoms with E-state index in [4.69, 9.17) is 4.42 Å². The number of para-hydroxylation sites is 2. The maximum Gasteiger partial charge on any atom is 0.243 e. The molecule has 4 aromatic rings. The first-order chi connectivity index (χ1) is 16.1. The van der Waals surface area contributed by atoms with Gasteiger partial charge in [-0.2, -0.15) is 0 Å². The summed E-state index contributed by atoms with van der Waals surface area (Å²) < 4.78 is 5.97. The third-order valence-corrected chi connectivity index (χ3v) is 5.33. The topological polar surface area (TPSA) is 84.2 Å². The lowest BCUT2D eigenvalue weighted by Crippen LogP contribution is -2.32. The zero-order chi connectivity index (χ0) is 23.0. The number of carbonyl (C=O) groups is 2. The van der Waals surface area contributed by atoms with Crippen LogP contribution >= 0.6 is 0 Å². The van der Waals surface area contributed by atoms with E-state index in [2.05, 4.69) is 22.2 Å². The Morgan fingerprint density at radius 2 is 1.64 bits per heavy atom. The van der Waals surface area contributed by atoms with Crippen molar-refractivity contribution in [3.8, 4) is 0 Å². The summed E-state index contributed by atoms with van der Waals surface area (Å²) in [6.07, 6.45) is 1.95. The smallest absolute Gasteiger partial charge is 0.243 e. The first-order valence-corrected chi connectivity index (χ1v) is 10.8. The van der Waals surface area contributed by atoms with Gasteiger partial charge in [-0.3, -0.25) is 9.59 Å². The molecule has 0 aliphatic heterocycles. The predicted octanol–water partition coefficient (Wildman–Crippen LogP) is 4.27. The number of oxazole rings is 1. The molecule has 0 aliphatic carbocycles. The monoisotopic (exact) mass is 439 g/mol. The van der Waals surface area contributed by atoms with Crippen molar-refractivity contribution in [3.63, 3.8) is 0 Å². The third-order valence-electron chi connectivity index (χ3n) is 5.33. The molecule has 2 N–H and O–H groups in total. The summed E-state index contributed by atoms with van der Waals surface area (Å²) in [5.41, 5.74) is 4.23. The molecular formula is C27H25N3O3. The van der Waals surface area contributed by atoms with Crippen molar-refractivity contribution in [3.05, 3.63) is 114 Å². The Balaban J connectivity index is 1.53. The van der Waals surface area contributed by atoms with E-state index in [9.17, 15) is 9.59 Å². The standard InChI is InChI=1S/C27H25N3O3/c1-2-25(31)28-18-21-13-7-6-12-20(21)17-26(32)29-23(16-19-10-4-3-5-11-19)27-30-22-14-8-9-15-24(22)33-27/h2-15,23H,1,16-18H2,(H,28,31)(H,29,32). The average Bonchev–Trinajstić information content (AvgIpc) is 3.28. The summed E-state index contributed by atoms with van der Waals surface area (Å²) in [5.74, 6) is 0.0637. The summed E-state index contributed by atoms with van der Waals surface area (Å²) in [6, 6.07) is 24.6. The number of amides is 2. The molecule has 2 amide bonds. The minimum atomic E-state index is -0.417. The number of rotatable bonds is 9. The van der Waals surface area contributed by atoms with Gasteiger partial charge in [0.25, 0.3) is 0 Å². The second kappa shape index (κ2) is 10.4. The van der Waals surface area contributed by atoms with Gasteiger partial charge in [-0.05, 0) is 34.9 Å². The van der Waals surface area contributed by atoms with Gasteiger partial charge in [0.1, 0.15) is 11.6 Å². The Morgan fingerprint density at radius 1 is 0.939 bits per heavy atom. The highest BCUT2D eigenvalue weighted by atomic mass is 16.3. The van der Waals surface area contributed by atoms with Crippen molar-refractivity contribution in [2.45, 2.75) is 25.4 Å². The van der Waals surface area contributed by atoms with Gasteiger partial charge in [-0.25, -0.2) is 4.98 Å². The highest BCUT2D eigenvalue weighted by Crippen LogP contribution is 2.23. The van der Waals surface area contributed by atoms with Crippen LogP contribution in [0.2, 0.25) is 0 Å². The van der Waals surface area contributed by atoms with Gasteiger partial charge >= 0.3 is 0 Å². The van der Waals surface area contributed by atoms with E-state index < -0.39 is 6.04 Å². The van der Waals surface area contributed by atoms with Gasteiger partial charge in [-0.15, -0.1) is 0 Å². The second-order valence-electron chi connectivity index (χ2n) is 7.70. The van der Waals surface area contributed by atoms with E-state index in [0.717, 1.165) is 22.2 Å². The maximum absolute atomic E-state index is 13.1. The van der Waals surface area contributed by atoms with Crippen LogP contribution in [-0.4, -0.2) is 16.8 Å². The Labute approximate surface area is 192 Å². The molecule has 0 radical (unpaired) electrons. The van der Waals surface area contributed by atoms with Crippen LogP contribution < -0.4 is 10.6 Å². The average molecular weight is 440 g/mol. The first kappa shape index (κ1) is 22.0. The molecule has 33 heavy (non-hydrogen) atoms. The van der Waals surface area contributed by atoms with Crippen molar-refractivity contribution >= 4 is 22.9 Å². The molecule has 0 aliphatic rings. The number of hydrogen-bond donors (Lipinski definition) is 2. The van der Waals surface area contributed by atoms with Gasteiger partial charge in [0, 0.05) is 13.0 Å². The van der Waals surface area contributed by atoms with Gasteiger partial charge in [-0.1, -0.05) is 73.3 Å². The van der Waals surface area contributed by atoms with E-state index in [1.54, 1.807) is 0 Å². The molecule has 0 saturated heterocycles. The van der Waals surface area contributed by atoms with Crippen molar-refractivity contribution in [1.29, 1.82) is 0 Å². The minimum Gasteiger partial charge on any atom is -0.438 e. The normalized spacial score (nSPS) is 11.6. The highest BCUT2D eigenvalue weighted by Gasteiger charge is 2.22. The fraction of sp³-hybridized carbons (Fsp3) is 0.148. The number of benzene rings is 3. The zero-order valence-electron chi connectivity index (χ0n) is 18.2. The van der Waals surface area contributed by atoms with Crippen LogP contribution in [0.3, 0.4) is 0 Å². The van der Waals surface area contributed by atoms with E-state index >= 15 is 0 Å². The molecule has 6 nitrogen and oxygen atoms in total. The SMILES string of the molecule is C=CC(=O)NCc1ccccc1CC(=O)NC(Cc1ccccc1)c1nc2ccccc2o1. The van der Waals surface area contributed by atoms with Crippen molar-refractivity contribution < 1.29 is 14.0 Å². The van der Waals surface area contributed by atoms with Crippen LogP contribution in [0.15, 0.2) is 95.9 Å². The second-order valence-corrected chi connectivity index (χ2v) is 7.70. The Hall–Kier alpha value is -4.19. The fourth-order valence-corrected chi connectivity index (χ4v) is 3.66. The maximum atomic E-state index is 13.1. The number of carbonyl (C=O) groups excluding carboxylic acids is 2. The number of nitrogens with one attached hydrogen (secondary N) is 2. The van der Waals surface area contributed by atoms with Crippen LogP contribution in [0.25, 0.3) is 11.1 Å². The molecule has 1 heterocycles. The van der Waals surface area contributed by atoms with Gasteiger partial charge in [0.05, 0.1) is 6.42 Å². The molecule has 1 atom stereocenters. The fourth-order valence-electron chi connectivity index (χ4n) is 3.66. The predicted molar refractivity (Wildman–Crippen MR) is 127 cm³/mol. The van der Waals surface area contributed by atoms with Crippen LogP contribution in [-0.2, 0) is 29.0 Å². The molecule has 3 aromatic carbocycles. The van der Waals surface area contributed by atoms with Crippen molar-refractivity contribution in [1.82, 2.24) is 15.6 Å². The lowest BCUT2D eigenvalue weighted by molar-refractivity contribution is -0.121. The lowest BCUT2D eigenvalue weighted by atomic mass is 10.0. The Bertz CT molecular complexity index is 1230. The molecule has 0 bridgehead atoms. The van der Waals surface area contributed by atoms with Crippen molar-refractivity contribution in [2.75, 3.05) is 0 Å². The molecule has 0 fully saturated rings. The van der Waals surface area contributed by atoms with Crippen LogP contribution in [0.5, 0.6) is 0 Å². The Morgan fingerprint density at radius 3 is 2.39 bits per heavy atom. The molecule has 166 valence electrons. The number of fused-ring (bicyclic) bond motifs is 1. The number of nitrogens with zero attached hydrogens (tertiary/aromatic N) is 1. The zero-order valence-corrected chi connectivity index (χ0v) is 18.2. The molecule has 1 aromatic heterocycles. The van der Waals surface area contributed by atoms with E-state index in [-0.39, 0.29) is 18.2 Å². The van der Waals surface area contributed by atoms with E-state index in [1.807, 2.05) is 78.9 Å². The summed E-state index contributed by atoms with van der Waals surface area (Å²) in [6.45, 7) is 3.79. The highest BCUT2D eigenvalue weighted by molar-refractivity contribution is 5.86. The van der Waals surface area contributed by atoms with Crippen LogP contribution in [0.4, 0.5) is 0 Å². The summed E-state index contributed by atoms with van der Waals surface area (Å²) in [4.78, 5) is 29.2. The van der Waals surface area contributed by atoms with Gasteiger partial charge in [0.15, 0.2) is 5.58 Å². The lowest BCUT2D eigenvalue weighted by Gasteiger charge is -2.17. The van der Waals surface area contributed by atoms with Crippen molar-refractivity contribution in [2.24, 2.45) is 0 Å². The number of aromatic nitrogens is 1. The molecule has 4 rings (SSSR count). The summed E-state index contributed by atoms with van der Waals surface area (Å²) in [5, 5.41) is 5.86. The van der Waals surface area contributed by atoms with Gasteiger partial charge in [0.2, 0.25) is 17.7 Å². The molecule has 6 heteroatoms. The minimum absolute atomic E-state index is 0.152.